The molecule has 5 heteroatoms. The van der Waals surface area contributed by atoms with Gasteiger partial charge in [0.2, 0.25) is 6.79 Å². The molecule has 0 unspecified atom stereocenters. The van der Waals surface area contributed by atoms with E-state index in [0.717, 1.165) is 0 Å². The number of fused-ring (bicyclic) bond motifs is 1. The number of ether oxygens (including phenoxy) is 2. The molecular formula is C12H13ClO4. The van der Waals surface area contributed by atoms with Crippen LogP contribution in [0.5, 0.6) is 11.5 Å². The van der Waals surface area contributed by atoms with E-state index in [1.165, 1.54) is 0 Å². The summed E-state index contributed by atoms with van der Waals surface area (Å²) >= 11 is 6.15. The summed E-state index contributed by atoms with van der Waals surface area (Å²) in [4.78, 5) is 10.9. The molecule has 1 aromatic rings. The molecule has 17 heavy (non-hydrogen) atoms. The fraction of sp³-hybridized carbons (Fsp3) is 0.417. The van der Waals surface area contributed by atoms with Gasteiger partial charge in [-0.2, -0.15) is 0 Å². The van der Waals surface area contributed by atoms with Crippen LogP contribution in [-0.2, 0) is 10.2 Å². The Labute approximate surface area is 104 Å². The average Bonchev–Trinajstić information content (AvgIpc) is 2.61. The molecular weight excluding hydrogens is 244 g/mol. The predicted octanol–water partition coefficient (Wildman–Crippen LogP) is 2.82. The number of carbonyl (C=O) groups is 1. The molecule has 0 radical (unpaired) electrons. The van der Waals surface area contributed by atoms with E-state index >= 15 is 0 Å². The maximum absolute atomic E-state index is 10.9. The van der Waals surface area contributed by atoms with Crippen molar-refractivity contribution in [3.05, 3.63) is 22.7 Å². The first-order valence-electron chi connectivity index (χ1n) is 5.22. The molecule has 0 fully saturated rings. The maximum atomic E-state index is 10.9. The van der Waals surface area contributed by atoms with Crippen LogP contribution in [0.4, 0.5) is 0 Å². The Hall–Kier alpha value is -1.42. The summed E-state index contributed by atoms with van der Waals surface area (Å²) in [5.41, 5.74) is 0.0821. The molecule has 2 rings (SSSR count). The number of carboxylic acids is 1. The van der Waals surface area contributed by atoms with Gasteiger partial charge in [0.25, 0.3) is 0 Å². The van der Waals surface area contributed by atoms with Crippen LogP contribution in [-0.4, -0.2) is 17.9 Å². The second kappa shape index (κ2) is 4.11. The zero-order chi connectivity index (χ0) is 12.6. The number of carboxylic acid groups (broad SMARTS) is 1. The standard InChI is InChI=1S/C12H13ClO4/c1-12(2,5-9(14)15)10-7(13)3-4-8-11(10)17-6-16-8/h3-4H,5-6H2,1-2H3,(H,14,15). The normalized spacial score (nSPS) is 13.8. The highest BCUT2D eigenvalue weighted by Gasteiger charge is 2.33. The second-order valence-electron chi connectivity index (χ2n) is 4.61. The number of rotatable bonds is 3. The third-order valence-corrected chi connectivity index (χ3v) is 3.07. The van der Waals surface area contributed by atoms with Gasteiger partial charge in [0.1, 0.15) is 0 Å². The molecule has 1 N–H and O–H groups in total. The topological polar surface area (TPSA) is 55.8 Å². The Morgan fingerprint density at radius 2 is 2.18 bits per heavy atom. The summed E-state index contributed by atoms with van der Waals surface area (Å²) in [5.74, 6) is 0.300. The van der Waals surface area contributed by atoms with E-state index in [0.29, 0.717) is 22.1 Å². The van der Waals surface area contributed by atoms with Gasteiger partial charge in [-0.3, -0.25) is 4.79 Å². The van der Waals surface area contributed by atoms with Crippen LogP contribution in [0, 0.1) is 0 Å². The highest BCUT2D eigenvalue weighted by Crippen LogP contribution is 2.46. The Balaban J connectivity index is 2.51. The number of hydrogen-bond donors (Lipinski definition) is 1. The van der Waals surface area contributed by atoms with Crippen molar-refractivity contribution in [1.29, 1.82) is 0 Å². The van der Waals surface area contributed by atoms with Crippen molar-refractivity contribution in [2.45, 2.75) is 25.7 Å². The summed E-state index contributed by atoms with van der Waals surface area (Å²) in [6.07, 6.45) is -0.0213. The quantitative estimate of drug-likeness (QED) is 0.904. The summed E-state index contributed by atoms with van der Waals surface area (Å²) in [6.45, 7) is 3.79. The van der Waals surface area contributed by atoms with Gasteiger partial charge in [0, 0.05) is 16.0 Å². The van der Waals surface area contributed by atoms with Crippen LogP contribution in [0.15, 0.2) is 12.1 Å². The average molecular weight is 257 g/mol. The van der Waals surface area contributed by atoms with Crippen LogP contribution in [0.2, 0.25) is 5.02 Å². The van der Waals surface area contributed by atoms with Crippen molar-refractivity contribution in [2.75, 3.05) is 6.79 Å². The minimum Gasteiger partial charge on any atom is -0.481 e. The molecule has 0 aromatic heterocycles. The molecule has 1 aliphatic rings. The fourth-order valence-corrected chi connectivity index (χ4v) is 2.45. The lowest BCUT2D eigenvalue weighted by Crippen LogP contribution is -2.22. The monoisotopic (exact) mass is 256 g/mol. The molecule has 1 heterocycles. The van der Waals surface area contributed by atoms with E-state index in [-0.39, 0.29) is 13.2 Å². The van der Waals surface area contributed by atoms with Crippen molar-refractivity contribution in [3.63, 3.8) is 0 Å². The molecule has 0 aliphatic carbocycles. The zero-order valence-electron chi connectivity index (χ0n) is 9.62. The maximum Gasteiger partial charge on any atom is 0.304 e. The fourth-order valence-electron chi connectivity index (χ4n) is 2.05. The van der Waals surface area contributed by atoms with Gasteiger partial charge in [0.15, 0.2) is 11.5 Å². The minimum absolute atomic E-state index is 0.0213. The van der Waals surface area contributed by atoms with E-state index in [1.807, 2.05) is 13.8 Å². The molecule has 0 spiro atoms. The smallest absolute Gasteiger partial charge is 0.304 e. The van der Waals surface area contributed by atoms with E-state index in [4.69, 9.17) is 26.2 Å². The van der Waals surface area contributed by atoms with Crippen molar-refractivity contribution < 1.29 is 19.4 Å². The van der Waals surface area contributed by atoms with Gasteiger partial charge in [-0.1, -0.05) is 25.4 Å². The van der Waals surface area contributed by atoms with Crippen LogP contribution >= 0.6 is 11.6 Å². The third kappa shape index (κ3) is 2.17. The molecule has 0 saturated carbocycles. The van der Waals surface area contributed by atoms with Crippen molar-refractivity contribution in [1.82, 2.24) is 0 Å². The van der Waals surface area contributed by atoms with Crippen molar-refractivity contribution >= 4 is 17.6 Å². The third-order valence-electron chi connectivity index (χ3n) is 2.76. The Morgan fingerprint density at radius 3 is 2.82 bits per heavy atom. The number of aliphatic carboxylic acids is 1. The van der Waals surface area contributed by atoms with E-state index in [9.17, 15) is 4.79 Å². The van der Waals surface area contributed by atoms with Gasteiger partial charge >= 0.3 is 5.97 Å². The summed E-state index contributed by atoms with van der Waals surface area (Å²) < 4.78 is 10.6. The van der Waals surface area contributed by atoms with Gasteiger partial charge in [-0.25, -0.2) is 0 Å². The van der Waals surface area contributed by atoms with Crippen LogP contribution in [0.1, 0.15) is 25.8 Å². The summed E-state index contributed by atoms with van der Waals surface area (Å²) in [5, 5.41) is 9.44. The lowest BCUT2D eigenvalue weighted by molar-refractivity contribution is -0.138. The van der Waals surface area contributed by atoms with Gasteiger partial charge in [-0.05, 0) is 12.1 Å². The number of hydrogen-bond acceptors (Lipinski definition) is 3. The van der Waals surface area contributed by atoms with Crippen LogP contribution in [0.3, 0.4) is 0 Å². The molecule has 4 nitrogen and oxygen atoms in total. The summed E-state index contributed by atoms with van der Waals surface area (Å²) in [7, 11) is 0. The second-order valence-corrected chi connectivity index (χ2v) is 5.02. The molecule has 92 valence electrons. The van der Waals surface area contributed by atoms with Gasteiger partial charge in [0.05, 0.1) is 6.42 Å². The first kappa shape index (κ1) is 12.0. The summed E-state index contributed by atoms with van der Waals surface area (Å²) in [6, 6.07) is 3.43. The SMILES string of the molecule is CC(C)(CC(=O)O)c1c(Cl)ccc2c1OCO2. The number of benzene rings is 1. The zero-order valence-corrected chi connectivity index (χ0v) is 10.4. The van der Waals surface area contributed by atoms with Crippen LogP contribution in [0.25, 0.3) is 0 Å². The Morgan fingerprint density at radius 1 is 1.47 bits per heavy atom. The predicted molar refractivity (Wildman–Crippen MR) is 62.9 cm³/mol. The molecule has 0 saturated heterocycles. The van der Waals surface area contributed by atoms with E-state index in [1.54, 1.807) is 12.1 Å². The molecule has 0 atom stereocenters. The lowest BCUT2D eigenvalue weighted by Gasteiger charge is -2.25. The number of halogens is 1. The van der Waals surface area contributed by atoms with Gasteiger partial charge in [-0.15, -0.1) is 0 Å². The minimum atomic E-state index is -0.873. The molecule has 0 amide bonds. The molecule has 1 aliphatic heterocycles. The highest BCUT2D eigenvalue weighted by molar-refractivity contribution is 6.31. The lowest BCUT2D eigenvalue weighted by atomic mass is 9.81. The van der Waals surface area contributed by atoms with Crippen molar-refractivity contribution in [2.24, 2.45) is 0 Å². The van der Waals surface area contributed by atoms with Crippen LogP contribution < -0.4 is 9.47 Å². The van der Waals surface area contributed by atoms with E-state index in [2.05, 4.69) is 0 Å². The first-order chi connectivity index (χ1) is 7.92. The Kier molecular flexibility index (Phi) is 2.91. The van der Waals surface area contributed by atoms with Crippen molar-refractivity contribution in [3.8, 4) is 11.5 Å². The first-order valence-corrected chi connectivity index (χ1v) is 5.60. The van der Waals surface area contributed by atoms with Gasteiger partial charge < -0.3 is 14.6 Å². The molecule has 0 bridgehead atoms. The molecule has 1 aromatic carbocycles. The highest BCUT2D eigenvalue weighted by atomic mass is 35.5. The van der Waals surface area contributed by atoms with E-state index < -0.39 is 11.4 Å². The largest absolute Gasteiger partial charge is 0.481 e. The Bertz CT molecular complexity index is 468.